The van der Waals surface area contributed by atoms with Crippen LogP contribution in [0.1, 0.15) is 36.8 Å². The van der Waals surface area contributed by atoms with Crippen LogP contribution in [0, 0.1) is 0 Å². The van der Waals surface area contributed by atoms with Crippen LogP contribution in [0.2, 0.25) is 0 Å². The topological polar surface area (TPSA) is 49.4 Å². The Bertz CT molecular complexity index is 550. The number of fused-ring (bicyclic) bond motifs is 1. The van der Waals surface area contributed by atoms with Crippen molar-refractivity contribution in [1.29, 1.82) is 0 Å². The van der Waals surface area contributed by atoms with Gasteiger partial charge in [-0.3, -0.25) is 0 Å². The van der Waals surface area contributed by atoms with Crippen molar-refractivity contribution in [3.05, 3.63) is 35.4 Å². The fourth-order valence-corrected chi connectivity index (χ4v) is 4.45. The minimum atomic E-state index is -3.33. The van der Waals surface area contributed by atoms with Gasteiger partial charge in [0.15, 0.2) is 0 Å². The lowest BCUT2D eigenvalue weighted by Gasteiger charge is -2.29. The molecule has 104 valence electrons. The first-order valence-corrected chi connectivity index (χ1v) is 8.43. The van der Waals surface area contributed by atoms with E-state index in [0.29, 0.717) is 13.1 Å². The second-order valence-corrected chi connectivity index (χ2v) is 7.16. The third-order valence-corrected chi connectivity index (χ3v) is 5.73. The quantitative estimate of drug-likeness (QED) is 0.918. The fourth-order valence-electron chi connectivity index (χ4n) is 3.00. The van der Waals surface area contributed by atoms with Gasteiger partial charge in [0, 0.05) is 19.1 Å². The molecule has 1 aliphatic heterocycles. The molecule has 1 aromatic carbocycles. The summed E-state index contributed by atoms with van der Waals surface area (Å²) in [5, 5.41) is 0. The van der Waals surface area contributed by atoms with Gasteiger partial charge in [-0.1, -0.05) is 37.1 Å². The highest BCUT2D eigenvalue weighted by molar-refractivity contribution is 7.87. The Morgan fingerprint density at radius 1 is 1.11 bits per heavy atom. The van der Waals surface area contributed by atoms with E-state index < -0.39 is 10.2 Å². The van der Waals surface area contributed by atoms with E-state index in [1.807, 2.05) is 18.2 Å². The lowest BCUT2D eigenvalue weighted by Crippen LogP contribution is -2.46. The van der Waals surface area contributed by atoms with Gasteiger partial charge in [-0.05, 0) is 30.4 Å². The highest BCUT2D eigenvalue weighted by atomic mass is 32.2. The molecular formula is C14H20N2O2S. The second kappa shape index (κ2) is 5.23. The standard InChI is InChI=1S/C14H20N2O2S/c17-19(18,15-14-7-3-4-8-14)16-10-9-12-5-1-2-6-13(12)11-16/h1-2,5-6,14-15H,3-4,7-11H2. The molecule has 0 radical (unpaired) electrons. The summed E-state index contributed by atoms with van der Waals surface area (Å²) < 4.78 is 29.2. The Balaban J connectivity index is 1.72. The molecule has 1 heterocycles. The molecule has 1 aromatic rings. The number of hydrogen-bond donors (Lipinski definition) is 1. The summed E-state index contributed by atoms with van der Waals surface area (Å²) in [6, 6.07) is 8.23. The number of hydrogen-bond acceptors (Lipinski definition) is 2. The van der Waals surface area contributed by atoms with Crippen LogP contribution >= 0.6 is 0 Å². The largest absolute Gasteiger partial charge is 0.280 e. The number of benzene rings is 1. The van der Waals surface area contributed by atoms with Crippen molar-refractivity contribution >= 4 is 10.2 Å². The molecule has 1 saturated carbocycles. The van der Waals surface area contributed by atoms with Crippen LogP contribution in [0.3, 0.4) is 0 Å². The fraction of sp³-hybridized carbons (Fsp3) is 0.571. The van der Waals surface area contributed by atoms with Crippen LogP contribution in [0.4, 0.5) is 0 Å². The van der Waals surface area contributed by atoms with E-state index in [1.165, 1.54) is 5.56 Å². The average Bonchev–Trinajstić information content (AvgIpc) is 2.90. The van der Waals surface area contributed by atoms with Crippen molar-refractivity contribution < 1.29 is 8.42 Å². The molecule has 0 atom stereocenters. The number of nitrogens with zero attached hydrogens (tertiary/aromatic N) is 1. The lowest BCUT2D eigenvalue weighted by atomic mass is 10.0. The summed E-state index contributed by atoms with van der Waals surface area (Å²) in [4.78, 5) is 0. The predicted octanol–water partition coefficient (Wildman–Crippen LogP) is 1.82. The predicted molar refractivity (Wildman–Crippen MR) is 74.9 cm³/mol. The molecule has 0 saturated heterocycles. The summed E-state index contributed by atoms with van der Waals surface area (Å²) in [5.74, 6) is 0. The summed E-state index contributed by atoms with van der Waals surface area (Å²) in [6.45, 7) is 1.08. The Hall–Kier alpha value is -0.910. The highest BCUT2D eigenvalue weighted by Gasteiger charge is 2.29. The second-order valence-electron chi connectivity index (χ2n) is 5.46. The molecular weight excluding hydrogens is 260 g/mol. The van der Waals surface area contributed by atoms with Crippen LogP contribution in [0.25, 0.3) is 0 Å². The van der Waals surface area contributed by atoms with Crippen molar-refractivity contribution in [3.63, 3.8) is 0 Å². The lowest BCUT2D eigenvalue weighted by molar-refractivity contribution is 0.378. The third kappa shape index (κ3) is 2.83. The van der Waals surface area contributed by atoms with Crippen LogP contribution in [-0.2, 0) is 23.2 Å². The molecule has 0 spiro atoms. The van der Waals surface area contributed by atoms with E-state index in [9.17, 15) is 8.42 Å². The van der Waals surface area contributed by atoms with Crippen molar-refractivity contribution in [2.45, 2.75) is 44.7 Å². The molecule has 1 fully saturated rings. The van der Waals surface area contributed by atoms with E-state index >= 15 is 0 Å². The van der Waals surface area contributed by atoms with Gasteiger partial charge < -0.3 is 0 Å². The van der Waals surface area contributed by atoms with E-state index in [1.54, 1.807) is 4.31 Å². The average molecular weight is 280 g/mol. The molecule has 0 unspecified atom stereocenters. The normalized spacial score (nSPS) is 21.5. The molecule has 5 heteroatoms. The first-order valence-electron chi connectivity index (χ1n) is 6.99. The molecule has 4 nitrogen and oxygen atoms in total. The first kappa shape index (κ1) is 13.1. The minimum absolute atomic E-state index is 0.141. The Morgan fingerprint density at radius 2 is 1.79 bits per heavy atom. The third-order valence-electron chi connectivity index (χ3n) is 4.11. The number of rotatable bonds is 3. The SMILES string of the molecule is O=S(=O)(NC1CCCC1)N1CCc2ccccc2C1. The van der Waals surface area contributed by atoms with Gasteiger partial charge in [0.1, 0.15) is 0 Å². The van der Waals surface area contributed by atoms with Gasteiger partial charge in [-0.2, -0.15) is 17.4 Å². The maximum Gasteiger partial charge on any atom is 0.280 e. The molecule has 0 bridgehead atoms. The van der Waals surface area contributed by atoms with Crippen LogP contribution in [0.15, 0.2) is 24.3 Å². The van der Waals surface area contributed by atoms with Gasteiger partial charge in [0.2, 0.25) is 0 Å². The molecule has 1 aliphatic carbocycles. The van der Waals surface area contributed by atoms with Gasteiger partial charge in [-0.15, -0.1) is 0 Å². The first-order chi connectivity index (χ1) is 9.15. The van der Waals surface area contributed by atoms with Crippen LogP contribution in [-0.4, -0.2) is 25.3 Å². The Morgan fingerprint density at radius 3 is 2.53 bits per heavy atom. The Labute approximate surface area is 115 Å². The van der Waals surface area contributed by atoms with E-state index in [2.05, 4.69) is 10.8 Å². The van der Waals surface area contributed by atoms with E-state index in [4.69, 9.17) is 0 Å². The highest BCUT2D eigenvalue weighted by Crippen LogP contribution is 2.23. The molecule has 2 aliphatic rings. The molecule has 3 rings (SSSR count). The van der Waals surface area contributed by atoms with Gasteiger partial charge in [-0.25, -0.2) is 0 Å². The summed E-state index contributed by atoms with van der Waals surface area (Å²) in [5.41, 5.74) is 2.40. The molecule has 19 heavy (non-hydrogen) atoms. The monoisotopic (exact) mass is 280 g/mol. The maximum absolute atomic E-state index is 12.4. The minimum Gasteiger partial charge on any atom is -0.199 e. The van der Waals surface area contributed by atoms with Crippen LogP contribution < -0.4 is 4.72 Å². The van der Waals surface area contributed by atoms with Gasteiger partial charge in [0.05, 0.1) is 0 Å². The Kier molecular flexibility index (Phi) is 3.60. The zero-order valence-corrected chi connectivity index (χ0v) is 11.8. The smallest absolute Gasteiger partial charge is 0.199 e. The van der Waals surface area contributed by atoms with Crippen LogP contribution in [0.5, 0.6) is 0 Å². The van der Waals surface area contributed by atoms with Crippen molar-refractivity contribution in [2.24, 2.45) is 0 Å². The number of nitrogens with one attached hydrogen (secondary N) is 1. The van der Waals surface area contributed by atoms with Crippen molar-refractivity contribution in [3.8, 4) is 0 Å². The summed E-state index contributed by atoms with van der Waals surface area (Å²) in [6.07, 6.45) is 5.03. The summed E-state index contributed by atoms with van der Waals surface area (Å²) >= 11 is 0. The van der Waals surface area contributed by atoms with Gasteiger partial charge in [0.25, 0.3) is 10.2 Å². The summed E-state index contributed by atoms with van der Waals surface area (Å²) in [7, 11) is -3.33. The molecule has 1 N–H and O–H groups in total. The van der Waals surface area contributed by atoms with E-state index in [0.717, 1.165) is 37.7 Å². The molecule has 0 aromatic heterocycles. The van der Waals surface area contributed by atoms with Crippen molar-refractivity contribution in [1.82, 2.24) is 9.03 Å². The van der Waals surface area contributed by atoms with Crippen molar-refractivity contribution in [2.75, 3.05) is 6.54 Å². The maximum atomic E-state index is 12.4. The molecule has 0 amide bonds. The van der Waals surface area contributed by atoms with Gasteiger partial charge >= 0.3 is 0 Å². The zero-order valence-electron chi connectivity index (χ0n) is 11.0. The zero-order chi connectivity index (χ0) is 13.3. The van der Waals surface area contributed by atoms with E-state index in [-0.39, 0.29) is 6.04 Å².